The number of hydrogen-bond acceptors (Lipinski definition) is 6. The van der Waals surface area contributed by atoms with Crippen LogP contribution in [0.1, 0.15) is 49.6 Å². The van der Waals surface area contributed by atoms with Crippen LogP contribution in [0.5, 0.6) is 0 Å². The van der Waals surface area contributed by atoms with Gasteiger partial charge in [-0.3, -0.25) is 4.79 Å². The summed E-state index contributed by atoms with van der Waals surface area (Å²) in [7, 11) is 0. The summed E-state index contributed by atoms with van der Waals surface area (Å²) in [5, 5.41) is 6.92. The van der Waals surface area contributed by atoms with Crippen molar-refractivity contribution < 1.29 is 8.78 Å². The van der Waals surface area contributed by atoms with Crippen molar-refractivity contribution in [2.45, 2.75) is 51.4 Å². The quantitative estimate of drug-likeness (QED) is 0.368. The van der Waals surface area contributed by atoms with Crippen LogP contribution in [-0.4, -0.2) is 30.9 Å². The third kappa shape index (κ3) is 4.93. The summed E-state index contributed by atoms with van der Waals surface area (Å²) in [6, 6.07) is 8.73. The first kappa shape index (κ1) is 27.0. The summed E-state index contributed by atoms with van der Waals surface area (Å²) in [5.74, 6) is -0.184. The molecule has 3 aromatic heterocycles. The van der Waals surface area contributed by atoms with Crippen LogP contribution >= 0.6 is 24.8 Å². The van der Waals surface area contributed by atoms with Gasteiger partial charge in [0.2, 0.25) is 5.95 Å². The van der Waals surface area contributed by atoms with Crippen molar-refractivity contribution in [3.05, 3.63) is 69.5 Å². The Morgan fingerprint density at radius 2 is 1.89 bits per heavy atom. The van der Waals surface area contributed by atoms with Gasteiger partial charge in [0.25, 0.3) is 5.56 Å². The molecule has 0 atom stereocenters. The third-order valence-electron chi connectivity index (χ3n) is 6.48. The van der Waals surface area contributed by atoms with Gasteiger partial charge in [-0.15, -0.1) is 24.8 Å². The molecule has 8 nitrogen and oxygen atoms in total. The lowest BCUT2D eigenvalue weighted by molar-refractivity contribution is 0.205. The minimum atomic E-state index is -1.99. The minimum absolute atomic E-state index is 0. The lowest BCUT2D eigenvalue weighted by atomic mass is 10.0. The molecule has 1 aromatic carbocycles. The SMILES string of the molecule is CC(C)(F)c1nc(-n2c3nc(Nc4ccc5c(c4)CCNC5)ncc3c(=O)n2C2CC2)ccc1F.Cl.Cl. The van der Waals surface area contributed by atoms with Crippen LogP contribution in [0.15, 0.2) is 41.3 Å². The second kappa shape index (κ2) is 10.00. The molecular formula is C25H27Cl2F2N7O. The van der Waals surface area contributed by atoms with Gasteiger partial charge in [0, 0.05) is 18.4 Å². The molecule has 6 rings (SSSR count). The van der Waals surface area contributed by atoms with Crippen molar-refractivity contribution in [3.63, 3.8) is 0 Å². The molecule has 1 aliphatic heterocycles. The first-order chi connectivity index (χ1) is 16.8. The van der Waals surface area contributed by atoms with E-state index >= 15 is 0 Å². The fourth-order valence-electron chi connectivity index (χ4n) is 4.58. The highest BCUT2D eigenvalue weighted by Gasteiger charge is 2.32. The zero-order chi connectivity index (χ0) is 24.3. The normalized spacial score (nSPS) is 15.0. The number of anilines is 2. The third-order valence-corrected chi connectivity index (χ3v) is 6.48. The Bertz CT molecular complexity index is 1530. The van der Waals surface area contributed by atoms with Crippen LogP contribution < -0.4 is 16.2 Å². The molecule has 4 heterocycles. The number of benzene rings is 1. The van der Waals surface area contributed by atoms with Crippen molar-refractivity contribution in [2.75, 3.05) is 11.9 Å². The molecule has 0 amide bonds. The van der Waals surface area contributed by atoms with E-state index in [-0.39, 0.29) is 47.9 Å². The number of rotatable bonds is 5. The van der Waals surface area contributed by atoms with E-state index in [0.29, 0.717) is 17.0 Å². The molecule has 0 radical (unpaired) electrons. The fourth-order valence-corrected chi connectivity index (χ4v) is 4.58. The van der Waals surface area contributed by atoms with Gasteiger partial charge in [0.15, 0.2) is 11.5 Å². The van der Waals surface area contributed by atoms with Crippen LogP contribution in [0.2, 0.25) is 0 Å². The van der Waals surface area contributed by atoms with Gasteiger partial charge in [-0.1, -0.05) is 6.07 Å². The summed E-state index contributed by atoms with van der Waals surface area (Å²) in [6.45, 7) is 4.29. The van der Waals surface area contributed by atoms with E-state index in [1.807, 2.05) is 6.07 Å². The average molecular weight is 550 g/mol. The maximum Gasteiger partial charge on any atom is 0.278 e. The molecule has 2 N–H and O–H groups in total. The molecule has 0 bridgehead atoms. The van der Waals surface area contributed by atoms with Gasteiger partial charge in [-0.2, -0.15) is 4.98 Å². The predicted octanol–water partition coefficient (Wildman–Crippen LogP) is 4.89. The van der Waals surface area contributed by atoms with Gasteiger partial charge < -0.3 is 10.6 Å². The van der Waals surface area contributed by atoms with Gasteiger partial charge in [0.05, 0.1) is 6.04 Å². The average Bonchev–Trinajstić information content (AvgIpc) is 3.63. The lowest BCUT2D eigenvalue weighted by Crippen LogP contribution is -2.23. The van der Waals surface area contributed by atoms with Crippen molar-refractivity contribution in [3.8, 4) is 5.82 Å². The minimum Gasteiger partial charge on any atom is -0.324 e. The van der Waals surface area contributed by atoms with Gasteiger partial charge in [-0.25, -0.2) is 28.1 Å². The van der Waals surface area contributed by atoms with E-state index in [9.17, 15) is 13.6 Å². The first-order valence-electron chi connectivity index (χ1n) is 11.8. The van der Waals surface area contributed by atoms with E-state index in [2.05, 4.69) is 37.7 Å². The van der Waals surface area contributed by atoms with E-state index < -0.39 is 11.5 Å². The van der Waals surface area contributed by atoms with E-state index in [1.165, 1.54) is 43.3 Å². The number of nitrogens with one attached hydrogen (secondary N) is 2. The summed E-state index contributed by atoms with van der Waals surface area (Å²) < 4.78 is 32.2. The molecular weight excluding hydrogens is 523 g/mol. The Labute approximate surface area is 224 Å². The highest BCUT2D eigenvalue weighted by Crippen LogP contribution is 2.36. The molecule has 196 valence electrons. The molecule has 2 aliphatic rings. The van der Waals surface area contributed by atoms with E-state index in [4.69, 9.17) is 0 Å². The monoisotopic (exact) mass is 549 g/mol. The Kier molecular flexibility index (Phi) is 7.29. The Balaban J connectivity index is 0.00000160. The molecule has 0 unspecified atom stereocenters. The van der Waals surface area contributed by atoms with Crippen LogP contribution in [0.4, 0.5) is 20.4 Å². The predicted molar refractivity (Wildman–Crippen MR) is 143 cm³/mol. The van der Waals surface area contributed by atoms with Crippen LogP contribution in [-0.2, 0) is 18.6 Å². The number of halogens is 4. The standard InChI is InChI=1S/C25H25F2N7O.2ClH/c1-25(2,27)21-19(26)7-8-20(31-21)34-22-18(23(35)33(34)17-5-6-17)13-29-24(32-22)30-16-4-3-15-12-28-10-9-14(15)11-16;;/h3-4,7-8,11,13,17,28H,5-6,9-10,12H2,1-2H3,(H,29,30,32);2*1H. The van der Waals surface area contributed by atoms with Gasteiger partial charge in [0.1, 0.15) is 22.6 Å². The van der Waals surface area contributed by atoms with E-state index in [0.717, 1.165) is 38.0 Å². The summed E-state index contributed by atoms with van der Waals surface area (Å²) >= 11 is 0. The largest absolute Gasteiger partial charge is 0.324 e. The second-order valence-corrected chi connectivity index (χ2v) is 9.63. The number of fused-ring (bicyclic) bond motifs is 2. The Morgan fingerprint density at radius 1 is 1.11 bits per heavy atom. The smallest absolute Gasteiger partial charge is 0.278 e. The van der Waals surface area contributed by atoms with Gasteiger partial charge in [-0.05, 0) is 75.0 Å². The molecule has 12 heteroatoms. The van der Waals surface area contributed by atoms with Crippen LogP contribution in [0.3, 0.4) is 0 Å². The zero-order valence-electron chi connectivity index (χ0n) is 20.3. The van der Waals surface area contributed by atoms with E-state index in [1.54, 1.807) is 9.36 Å². The summed E-state index contributed by atoms with van der Waals surface area (Å²) in [5.41, 5.74) is 1.17. The first-order valence-corrected chi connectivity index (χ1v) is 11.8. The Morgan fingerprint density at radius 3 is 2.62 bits per heavy atom. The van der Waals surface area contributed by atoms with Crippen molar-refractivity contribution in [1.82, 2.24) is 29.6 Å². The number of hydrogen-bond donors (Lipinski definition) is 2. The zero-order valence-corrected chi connectivity index (χ0v) is 21.9. The molecule has 0 spiro atoms. The molecule has 4 aromatic rings. The highest BCUT2D eigenvalue weighted by molar-refractivity contribution is 5.85. The van der Waals surface area contributed by atoms with Crippen molar-refractivity contribution in [1.29, 1.82) is 0 Å². The summed E-state index contributed by atoms with van der Waals surface area (Å²) in [6.07, 6.45) is 4.11. The number of alkyl halides is 1. The van der Waals surface area contributed by atoms with Crippen LogP contribution in [0.25, 0.3) is 16.9 Å². The summed E-state index contributed by atoms with van der Waals surface area (Å²) in [4.78, 5) is 26.5. The Hall–Kier alpha value is -3.08. The fraction of sp³-hybridized carbons (Fsp3) is 0.360. The number of aromatic nitrogens is 5. The van der Waals surface area contributed by atoms with Crippen molar-refractivity contribution in [2.24, 2.45) is 0 Å². The number of nitrogens with zero attached hydrogens (tertiary/aromatic N) is 5. The molecule has 0 saturated heterocycles. The maximum absolute atomic E-state index is 14.7. The molecule has 1 saturated carbocycles. The molecule has 1 aliphatic carbocycles. The lowest BCUT2D eigenvalue weighted by Gasteiger charge is -2.18. The number of pyridine rings is 1. The van der Waals surface area contributed by atoms with Crippen molar-refractivity contribution >= 4 is 47.5 Å². The molecule has 37 heavy (non-hydrogen) atoms. The van der Waals surface area contributed by atoms with Gasteiger partial charge >= 0.3 is 0 Å². The van der Waals surface area contributed by atoms with Crippen LogP contribution in [0, 0.1) is 5.82 Å². The highest BCUT2D eigenvalue weighted by atomic mass is 35.5. The maximum atomic E-state index is 14.7. The second-order valence-electron chi connectivity index (χ2n) is 9.63. The molecule has 1 fully saturated rings. The topological polar surface area (TPSA) is 89.7 Å².